The average molecular weight is 225 g/mol. The van der Waals surface area contributed by atoms with Crippen molar-refractivity contribution in [3.05, 3.63) is 17.5 Å². The lowest BCUT2D eigenvalue weighted by Gasteiger charge is -2.24. The van der Waals surface area contributed by atoms with Crippen LogP contribution >= 0.6 is 0 Å². The van der Waals surface area contributed by atoms with Crippen LogP contribution in [-0.2, 0) is 13.5 Å². The number of rotatable bonds is 4. The average Bonchev–Trinajstić information content (AvgIpc) is 2.69. The van der Waals surface area contributed by atoms with E-state index in [1.165, 1.54) is 11.3 Å². The van der Waals surface area contributed by atoms with Gasteiger partial charge in [-0.1, -0.05) is 0 Å². The highest BCUT2D eigenvalue weighted by Crippen LogP contribution is 2.28. The summed E-state index contributed by atoms with van der Waals surface area (Å²) in [6.07, 6.45) is 4.50. The van der Waals surface area contributed by atoms with Crippen molar-refractivity contribution in [2.75, 3.05) is 13.2 Å². The van der Waals surface area contributed by atoms with Crippen LogP contribution in [0.25, 0.3) is 0 Å². The fraction of sp³-hybridized carbons (Fsp3) is 0.727. The second-order valence-electron chi connectivity index (χ2n) is 4.36. The van der Waals surface area contributed by atoms with Crippen LogP contribution < -0.4 is 5.32 Å². The van der Waals surface area contributed by atoms with Crippen molar-refractivity contribution in [2.24, 2.45) is 7.05 Å². The first-order valence-corrected chi connectivity index (χ1v) is 5.75. The SMILES string of the molecule is Cn1ncc2c1CCCC2NCC(O)CO. The molecule has 3 N–H and O–H groups in total. The second kappa shape index (κ2) is 4.95. The van der Waals surface area contributed by atoms with Gasteiger partial charge in [0.1, 0.15) is 0 Å². The number of nitrogens with zero attached hydrogens (tertiary/aromatic N) is 2. The first kappa shape index (κ1) is 11.6. The predicted molar refractivity (Wildman–Crippen MR) is 60.0 cm³/mol. The standard InChI is InChI=1S/C11H19N3O2/c1-14-11-4-2-3-10(9(11)6-13-14)12-5-8(16)7-15/h6,8,10,12,15-16H,2-5,7H2,1H3. The number of hydrogen-bond acceptors (Lipinski definition) is 4. The molecule has 0 saturated carbocycles. The third kappa shape index (κ3) is 2.26. The zero-order valence-corrected chi connectivity index (χ0v) is 9.56. The molecule has 0 aromatic carbocycles. The van der Waals surface area contributed by atoms with E-state index in [0.29, 0.717) is 6.54 Å². The number of aromatic nitrogens is 2. The number of fused-ring (bicyclic) bond motifs is 1. The number of hydrogen-bond donors (Lipinski definition) is 3. The van der Waals surface area contributed by atoms with Gasteiger partial charge in [-0.05, 0) is 19.3 Å². The van der Waals surface area contributed by atoms with E-state index in [1.807, 2.05) is 17.9 Å². The van der Waals surface area contributed by atoms with Gasteiger partial charge < -0.3 is 15.5 Å². The number of aliphatic hydroxyl groups is 2. The molecular formula is C11H19N3O2. The molecule has 0 aliphatic heterocycles. The van der Waals surface area contributed by atoms with Crippen molar-refractivity contribution < 1.29 is 10.2 Å². The smallest absolute Gasteiger partial charge is 0.0895 e. The topological polar surface area (TPSA) is 70.3 Å². The Bertz CT molecular complexity index is 351. The molecule has 0 saturated heterocycles. The summed E-state index contributed by atoms with van der Waals surface area (Å²) in [4.78, 5) is 0. The van der Waals surface area contributed by atoms with Crippen LogP contribution in [0, 0.1) is 0 Å². The maximum absolute atomic E-state index is 9.31. The highest BCUT2D eigenvalue weighted by atomic mass is 16.3. The summed E-state index contributed by atoms with van der Waals surface area (Å²) in [7, 11) is 1.96. The van der Waals surface area contributed by atoms with Gasteiger partial charge in [0.2, 0.25) is 0 Å². The Balaban J connectivity index is 2.02. The molecule has 0 bridgehead atoms. The molecule has 5 nitrogen and oxygen atoms in total. The fourth-order valence-corrected chi connectivity index (χ4v) is 2.26. The third-order valence-corrected chi connectivity index (χ3v) is 3.19. The molecule has 1 aromatic rings. The van der Waals surface area contributed by atoms with E-state index in [-0.39, 0.29) is 12.6 Å². The number of aliphatic hydroxyl groups excluding tert-OH is 2. The summed E-state index contributed by atoms with van der Waals surface area (Å²) in [5.74, 6) is 0. The summed E-state index contributed by atoms with van der Waals surface area (Å²) in [5, 5.41) is 25.6. The lowest BCUT2D eigenvalue weighted by Crippen LogP contribution is -2.33. The van der Waals surface area contributed by atoms with Crippen LogP contribution in [0.5, 0.6) is 0 Å². The summed E-state index contributed by atoms with van der Waals surface area (Å²) >= 11 is 0. The molecule has 16 heavy (non-hydrogen) atoms. The van der Waals surface area contributed by atoms with Crippen LogP contribution in [0.1, 0.15) is 30.1 Å². The van der Waals surface area contributed by atoms with Gasteiger partial charge in [-0.3, -0.25) is 4.68 Å². The van der Waals surface area contributed by atoms with E-state index in [2.05, 4.69) is 10.4 Å². The molecule has 1 aromatic heterocycles. The van der Waals surface area contributed by atoms with Crippen molar-refractivity contribution in [1.82, 2.24) is 15.1 Å². The normalized spacial score (nSPS) is 21.8. The van der Waals surface area contributed by atoms with Crippen molar-refractivity contribution in [3.63, 3.8) is 0 Å². The maximum Gasteiger partial charge on any atom is 0.0895 e. The molecular weight excluding hydrogens is 206 g/mol. The quantitative estimate of drug-likeness (QED) is 0.660. The molecule has 2 rings (SSSR count). The monoisotopic (exact) mass is 225 g/mol. The van der Waals surface area contributed by atoms with Crippen molar-refractivity contribution >= 4 is 0 Å². The molecule has 90 valence electrons. The molecule has 0 fully saturated rings. The summed E-state index contributed by atoms with van der Waals surface area (Å²) in [6.45, 7) is 0.231. The van der Waals surface area contributed by atoms with Gasteiger partial charge in [0.05, 0.1) is 18.9 Å². The predicted octanol–water partition coefficient (Wildman–Crippen LogP) is -0.260. The van der Waals surface area contributed by atoms with Gasteiger partial charge in [-0.25, -0.2) is 0 Å². The molecule has 1 aliphatic rings. The summed E-state index contributed by atoms with van der Waals surface area (Å²) < 4.78 is 1.92. The van der Waals surface area contributed by atoms with Crippen molar-refractivity contribution in [1.29, 1.82) is 0 Å². The molecule has 1 aliphatic carbocycles. The summed E-state index contributed by atoms with van der Waals surface area (Å²) in [6, 6.07) is 0.263. The van der Waals surface area contributed by atoms with E-state index in [1.54, 1.807) is 0 Å². The molecule has 5 heteroatoms. The highest BCUT2D eigenvalue weighted by molar-refractivity contribution is 5.24. The first-order valence-electron chi connectivity index (χ1n) is 5.75. The van der Waals surface area contributed by atoms with Crippen molar-refractivity contribution in [2.45, 2.75) is 31.4 Å². The molecule has 0 amide bonds. The van der Waals surface area contributed by atoms with E-state index in [0.717, 1.165) is 19.3 Å². The van der Waals surface area contributed by atoms with Crippen LogP contribution in [-0.4, -0.2) is 39.2 Å². The van der Waals surface area contributed by atoms with Gasteiger partial charge in [0.15, 0.2) is 0 Å². The molecule has 1 heterocycles. The largest absolute Gasteiger partial charge is 0.394 e. The first-order chi connectivity index (χ1) is 7.72. The van der Waals surface area contributed by atoms with Crippen LogP contribution in [0.2, 0.25) is 0 Å². The van der Waals surface area contributed by atoms with Gasteiger partial charge in [-0.15, -0.1) is 0 Å². The Labute approximate surface area is 95.1 Å². The molecule has 0 spiro atoms. The van der Waals surface area contributed by atoms with Crippen molar-refractivity contribution in [3.8, 4) is 0 Å². The Kier molecular flexibility index (Phi) is 3.58. The van der Waals surface area contributed by atoms with E-state index < -0.39 is 6.10 Å². The Hall–Kier alpha value is -0.910. The minimum absolute atomic E-state index is 0.195. The molecule has 2 unspecified atom stereocenters. The number of aryl methyl sites for hydroxylation is 1. The Morgan fingerprint density at radius 2 is 2.50 bits per heavy atom. The fourth-order valence-electron chi connectivity index (χ4n) is 2.26. The zero-order chi connectivity index (χ0) is 11.5. The molecule has 2 atom stereocenters. The minimum Gasteiger partial charge on any atom is -0.394 e. The van der Waals surface area contributed by atoms with Crippen LogP contribution in [0.15, 0.2) is 6.20 Å². The van der Waals surface area contributed by atoms with Crippen LogP contribution in [0.4, 0.5) is 0 Å². The highest BCUT2D eigenvalue weighted by Gasteiger charge is 2.23. The zero-order valence-electron chi connectivity index (χ0n) is 9.56. The van der Waals surface area contributed by atoms with E-state index in [4.69, 9.17) is 5.11 Å². The third-order valence-electron chi connectivity index (χ3n) is 3.19. The molecule has 0 radical (unpaired) electrons. The maximum atomic E-state index is 9.31. The lowest BCUT2D eigenvalue weighted by atomic mass is 9.93. The van der Waals surface area contributed by atoms with Gasteiger partial charge in [0.25, 0.3) is 0 Å². The van der Waals surface area contributed by atoms with Gasteiger partial charge in [-0.2, -0.15) is 5.10 Å². The summed E-state index contributed by atoms with van der Waals surface area (Å²) in [5.41, 5.74) is 2.51. The Morgan fingerprint density at radius 1 is 1.69 bits per heavy atom. The van der Waals surface area contributed by atoms with Crippen LogP contribution in [0.3, 0.4) is 0 Å². The van der Waals surface area contributed by atoms with E-state index >= 15 is 0 Å². The van der Waals surface area contributed by atoms with E-state index in [9.17, 15) is 5.11 Å². The van der Waals surface area contributed by atoms with Gasteiger partial charge >= 0.3 is 0 Å². The lowest BCUT2D eigenvalue weighted by molar-refractivity contribution is 0.0912. The second-order valence-corrected chi connectivity index (χ2v) is 4.36. The Morgan fingerprint density at radius 3 is 3.25 bits per heavy atom. The van der Waals surface area contributed by atoms with Gasteiger partial charge in [0, 0.05) is 30.9 Å². The number of nitrogens with one attached hydrogen (secondary N) is 1. The minimum atomic E-state index is -0.679.